The summed E-state index contributed by atoms with van der Waals surface area (Å²) >= 11 is 3.40. The molecule has 74 valence electrons. The van der Waals surface area contributed by atoms with Crippen molar-refractivity contribution in [2.75, 3.05) is 6.26 Å². The highest BCUT2D eigenvalue weighted by atomic mass is 32.2. The standard InChI is InChI=1S/C11H12OS2/c1-3-7-4-5-9(12)11-8(7)6-10(13-2)14-11/h4-6,12H,3H2,1-2H3. The van der Waals surface area contributed by atoms with Crippen LogP contribution in [0.25, 0.3) is 10.1 Å². The third kappa shape index (κ3) is 1.51. The van der Waals surface area contributed by atoms with E-state index in [0.717, 1.165) is 11.1 Å². The Kier molecular flexibility index (Phi) is 2.70. The van der Waals surface area contributed by atoms with Gasteiger partial charge in [0, 0.05) is 5.39 Å². The van der Waals surface area contributed by atoms with Gasteiger partial charge in [-0.25, -0.2) is 0 Å². The fourth-order valence-corrected chi connectivity index (χ4v) is 3.22. The molecule has 0 saturated heterocycles. The molecule has 0 unspecified atom stereocenters. The van der Waals surface area contributed by atoms with Crippen LogP contribution >= 0.6 is 23.1 Å². The summed E-state index contributed by atoms with van der Waals surface area (Å²) in [7, 11) is 0. The molecule has 2 aromatic rings. The number of phenols is 1. The van der Waals surface area contributed by atoms with Crippen LogP contribution in [0.4, 0.5) is 0 Å². The van der Waals surface area contributed by atoms with Crippen molar-refractivity contribution in [1.82, 2.24) is 0 Å². The first kappa shape index (κ1) is 9.87. The summed E-state index contributed by atoms with van der Waals surface area (Å²) in [6.07, 6.45) is 3.08. The zero-order valence-corrected chi connectivity index (χ0v) is 9.84. The number of phenolic OH excluding ortho intramolecular Hbond substituents is 1. The molecule has 2 rings (SSSR count). The maximum atomic E-state index is 9.70. The molecule has 0 aliphatic heterocycles. The molecule has 14 heavy (non-hydrogen) atoms. The summed E-state index contributed by atoms with van der Waals surface area (Å²) in [6, 6.07) is 5.97. The molecule has 0 fully saturated rings. The number of hydrogen-bond donors (Lipinski definition) is 1. The van der Waals surface area contributed by atoms with E-state index in [0.29, 0.717) is 5.75 Å². The average Bonchev–Trinajstić information content (AvgIpc) is 2.63. The van der Waals surface area contributed by atoms with E-state index in [1.807, 2.05) is 6.07 Å². The van der Waals surface area contributed by atoms with Crippen molar-refractivity contribution < 1.29 is 5.11 Å². The predicted molar refractivity (Wildman–Crippen MR) is 64.6 cm³/mol. The Morgan fingerprint density at radius 2 is 2.21 bits per heavy atom. The van der Waals surface area contributed by atoms with Gasteiger partial charge in [-0.2, -0.15) is 0 Å². The zero-order valence-electron chi connectivity index (χ0n) is 8.20. The second kappa shape index (κ2) is 3.83. The Bertz CT molecular complexity index is 460. The van der Waals surface area contributed by atoms with Gasteiger partial charge in [0.25, 0.3) is 0 Å². The smallest absolute Gasteiger partial charge is 0.133 e. The zero-order chi connectivity index (χ0) is 10.1. The van der Waals surface area contributed by atoms with Crippen molar-refractivity contribution >= 4 is 33.2 Å². The second-order valence-electron chi connectivity index (χ2n) is 3.11. The molecule has 1 N–H and O–H groups in total. The molecule has 0 radical (unpaired) electrons. The number of benzene rings is 1. The van der Waals surface area contributed by atoms with Crippen LogP contribution in [0.3, 0.4) is 0 Å². The predicted octanol–water partition coefficient (Wildman–Crippen LogP) is 3.89. The monoisotopic (exact) mass is 224 g/mol. The number of aryl methyl sites for hydroxylation is 1. The van der Waals surface area contributed by atoms with Gasteiger partial charge in [0.2, 0.25) is 0 Å². The topological polar surface area (TPSA) is 20.2 Å². The van der Waals surface area contributed by atoms with Gasteiger partial charge in [-0.3, -0.25) is 0 Å². The summed E-state index contributed by atoms with van der Waals surface area (Å²) in [6.45, 7) is 2.14. The van der Waals surface area contributed by atoms with Crippen LogP contribution < -0.4 is 0 Å². The van der Waals surface area contributed by atoms with Crippen LogP contribution in [0.2, 0.25) is 0 Å². The number of rotatable bonds is 2. The van der Waals surface area contributed by atoms with Crippen molar-refractivity contribution in [1.29, 1.82) is 0 Å². The molecule has 0 aliphatic rings. The van der Waals surface area contributed by atoms with E-state index in [4.69, 9.17) is 0 Å². The van der Waals surface area contributed by atoms with Crippen molar-refractivity contribution in [2.45, 2.75) is 17.6 Å². The lowest BCUT2D eigenvalue weighted by atomic mass is 10.1. The van der Waals surface area contributed by atoms with Gasteiger partial charge in [0.05, 0.1) is 8.91 Å². The van der Waals surface area contributed by atoms with Crippen LogP contribution in [0.1, 0.15) is 12.5 Å². The number of aromatic hydroxyl groups is 1. The summed E-state index contributed by atoms with van der Waals surface area (Å²) in [4.78, 5) is 0. The molecule has 0 aliphatic carbocycles. The number of thiophene rings is 1. The first-order chi connectivity index (χ1) is 6.76. The molecule has 0 saturated carbocycles. The van der Waals surface area contributed by atoms with Crippen LogP contribution in [0.15, 0.2) is 22.4 Å². The van der Waals surface area contributed by atoms with E-state index >= 15 is 0 Å². The summed E-state index contributed by atoms with van der Waals surface area (Å²) in [5.74, 6) is 0.405. The molecule has 1 heterocycles. The number of thioether (sulfide) groups is 1. The van der Waals surface area contributed by atoms with E-state index in [2.05, 4.69) is 19.2 Å². The van der Waals surface area contributed by atoms with Crippen LogP contribution in [0.5, 0.6) is 5.75 Å². The fourth-order valence-electron chi connectivity index (χ4n) is 1.55. The van der Waals surface area contributed by atoms with Gasteiger partial charge < -0.3 is 5.11 Å². The highest BCUT2D eigenvalue weighted by Gasteiger charge is 2.08. The third-order valence-corrected chi connectivity index (χ3v) is 4.53. The van der Waals surface area contributed by atoms with Crippen molar-refractivity contribution in [3.8, 4) is 5.75 Å². The summed E-state index contributed by atoms with van der Waals surface area (Å²) in [5.41, 5.74) is 1.31. The lowest BCUT2D eigenvalue weighted by Gasteiger charge is -2.00. The van der Waals surface area contributed by atoms with Crippen molar-refractivity contribution in [2.24, 2.45) is 0 Å². The molecule has 0 bridgehead atoms. The third-order valence-electron chi connectivity index (χ3n) is 2.31. The fraction of sp³-hybridized carbons (Fsp3) is 0.273. The van der Waals surface area contributed by atoms with Gasteiger partial charge in [-0.15, -0.1) is 23.1 Å². The van der Waals surface area contributed by atoms with Gasteiger partial charge in [-0.05, 0) is 30.4 Å². The highest BCUT2D eigenvalue weighted by Crippen LogP contribution is 2.38. The Balaban J connectivity index is 2.74. The molecule has 0 amide bonds. The van der Waals surface area contributed by atoms with E-state index < -0.39 is 0 Å². The van der Waals surface area contributed by atoms with Crippen molar-refractivity contribution in [3.05, 3.63) is 23.8 Å². The molecule has 3 heteroatoms. The van der Waals surface area contributed by atoms with Crippen LogP contribution in [-0.4, -0.2) is 11.4 Å². The molecule has 1 aromatic carbocycles. The van der Waals surface area contributed by atoms with Gasteiger partial charge >= 0.3 is 0 Å². The number of hydrogen-bond acceptors (Lipinski definition) is 3. The summed E-state index contributed by atoms with van der Waals surface area (Å²) in [5, 5.41) is 10.9. The highest BCUT2D eigenvalue weighted by molar-refractivity contribution is 8.00. The SMILES string of the molecule is CCc1ccc(O)c2sc(SC)cc12. The molecule has 1 aromatic heterocycles. The lowest BCUT2D eigenvalue weighted by Crippen LogP contribution is -1.79. The summed E-state index contributed by atoms with van der Waals surface area (Å²) < 4.78 is 2.28. The Morgan fingerprint density at radius 3 is 2.86 bits per heavy atom. The quantitative estimate of drug-likeness (QED) is 0.781. The molecule has 1 nitrogen and oxygen atoms in total. The molecule has 0 atom stereocenters. The first-order valence-electron chi connectivity index (χ1n) is 4.54. The van der Waals surface area contributed by atoms with Crippen molar-refractivity contribution in [3.63, 3.8) is 0 Å². The maximum absolute atomic E-state index is 9.70. The van der Waals surface area contributed by atoms with E-state index in [-0.39, 0.29) is 0 Å². The first-order valence-corrected chi connectivity index (χ1v) is 6.58. The lowest BCUT2D eigenvalue weighted by molar-refractivity contribution is 0.482. The van der Waals surface area contributed by atoms with Gasteiger partial charge in [0.15, 0.2) is 0 Å². The minimum Gasteiger partial charge on any atom is -0.506 e. The van der Waals surface area contributed by atoms with Crippen LogP contribution in [0, 0.1) is 0 Å². The molecular formula is C11H12OS2. The maximum Gasteiger partial charge on any atom is 0.133 e. The Morgan fingerprint density at radius 1 is 1.43 bits per heavy atom. The van der Waals surface area contributed by atoms with Gasteiger partial charge in [0.1, 0.15) is 5.75 Å². The normalized spacial score (nSPS) is 11.0. The van der Waals surface area contributed by atoms with Crippen LogP contribution in [-0.2, 0) is 6.42 Å². The number of fused-ring (bicyclic) bond motifs is 1. The second-order valence-corrected chi connectivity index (χ2v) is 5.27. The van der Waals surface area contributed by atoms with E-state index in [1.54, 1.807) is 29.2 Å². The minimum absolute atomic E-state index is 0.405. The largest absolute Gasteiger partial charge is 0.506 e. The van der Waals surface area contributed by atoms with E-state index in [9.17, 15) is 5.11 Å². The molecular weight excluding hydrogens is 212 g/mol. The molecule has 0 spiro atoms. The van der Waals surface area contributed by atoms with Gasteiger partial charge in [-0.1, -0.05) is 13.0 Å². The minimum atomic E-state index is 0.405. The Hall–Kier alpha value is -0.670. The van der Waals surface area contributed by atoms with E-state index in [1.165, 1.54) is 15.2 Å². The average molecular weight is 224 g/mol. The Labute approximate surface area is 91.8 Å².